The SMILES string of the molecule is OCCN(Cc1ccccc1Cl)c1ncnc2nc[nH]c12. The average molecular weight is 304 g/mol. The molecule has 0 radical (unpaired) electrons. The lowest BCUT2D eigenvalue weighted by atomic mass is 10.2. The number of H-pyrrole nitrogens is 1. The summed E-state index contributed by atoms with van der Waals surface area (Å²) in [6, 6.07) is 7.63. The summed E-state index contributed by atoms with van der Waals surface area (Å²) in [6.07, 6.45) is 3.05. The third-order valence-corrected chi connectivity index (χ3v) is 3.56. The van der Waals surface area contributed by atoms with E-state index >= 15 is 0 Å². The number of benzene rings is 1. The highest BCUT2D eigenvalue weighted by molar-refractivity contribution is 6.31. The molecule has 3 aromatic rings. The number of aliphatic hydroxyl groups excluding tert-OH is 1. The first-order chi connectivity index (χ1) is 10.3. The van der Waals surface area contributed by atoms with Crippen LogP contribution in [0.3, 0.4) is 0 Å². The van der Waals surface area contributed by atoms with Crippen molar-refractivity contribution in [3.8, 4) is 0 Å². The molecule has 2 heterocycles. The van der Waals surface area contributed by atoms with Crippen molar-refractivity contribution in [2.45, 2.75) is 6.54 Å². The van der Waals surface area contributed by atoms with Gasteiger partial charge in [0.15, 0.2) is 11.5 Å². The lowest BCUT2D eigenvalue weighted by Gasteiger charge is -2.23. The van der Waals surface area contributed by atoms with E-state index in [1.54, 1.807) is 6.33 Å². The van der Waals surface area contributed by atoms with Crippen LogP contribution in [0.1, 0.15) is 5.56 Å². The summed E-state index contributed by atoms with van der Waals surface area (Å²) < 4.78 is 0. The Labute approximate surface area is 126 Å². The fraction of sp³-hybridized carbons (Fsp3) is 0.214. The molecule has 0 atom stereocenters. The molecular formula is C14H14ClN5O. The maximum absolute atomic E-state index is 9.32. The summed E-state index contributed by atoms with van der Waals surface area (Å²) in [5, 5.41) is 10.0. The normalized spacial score (nSPS) is 11.0. The van der Waals surface area contributed by atoms with Crippen LogP contribution in [0.2, 0.25) is 5.02 Å². The van der Waals surface area contributed by atoms with E-state index in [0.29, 0.717) is 29.6 Å². The number of anilines is 1. The Kier molecular flexibility index (Phi) is 3.98. The first-order valence-electron chi connectivity index (χ1n) is 6.53. The number of imidazole rings is 1. The average Bonchev–Trinajstić information content (AvgIpc) is 2.97. The molecule has 0 saturated heterocycles. The second-order valence-corrected chi connectivity index (χ2v) is 4.94. The van der Waals surface area contributed by atoms with Crippen LogP contribution >= 0.6 is 11.6 Å². The van der Waals surface area contributed by atoms with Crippen molar-refractivity contribution < 1.29 is 5.11 Å². The maximum atomic E-state index is 9.32. The Balaban J connectivity index is 1.98. The second-order valence-electron chi connectivity index (χ2n) is 4.53. The van der Waals surface area contributed by atoms with Gasteiger partial charge in [-0.1, -0.05) is 29.8 Å². The summed E-state index contributed by atoms with van der Waals surface area (Å²) in [7, 11) is 0. The highest BCUT2D eigenvalue weighted by Crippen LogP contribution is 2.24. The molecule has 3 rings (SSSR count). The van der Waals surface area contributed by atoms with Crippen molar-refractivity contribution in [1.82, 2.24) is 19.9 Å². The van der Waals surface area contributed by atoms with E-state index < -0.39 is 0 Å². The predicted octanol–water partition coefficient (Wildman–Crippen LogP) is 2.01. The number of aromatic nitrogens is 4. The van der Waals surface area contributed by atoms with Gasteiger partial charge in [-0.2, -0.15) is 0 Å². The minimum atomic E-state index is 0.0179. The molecule has 2 N–H and O–H groups in total. The van der Waals surface area contributed by atoms with E-state index in [2.05, 4.69) is 19.9 Å². The number of rotatable bonds is 5. The fourth-order valence-corrected chi connectivity index (χ4v) is 2.40. The molecule has 0 fully saturated rings. The van der Waals surface area contributed by atoms with Crippen LogP contribution in [0, 0.1) is 0 Å². The molecule has 0 amide bonds. The van der Waals surface area contributed by atoms with Gasteiger partial charge in [-0.15, -0.1) is 0 Å². The zero-order valence-corrected chi connectivity index (χ0v) is 12.0. The predicted molar refractivity (Wildman–Crippen MR) is 81.3 cm³/mol. The molecule has 0 aliphatic rings. The smallest absolute Gasteiger partial charge is 0.182 e. The van der Waals surface area contributed by atoms with Gasteiger partial charge in [-0.3, -0.25) is 0 Å². The number of hydrogen-bond acceptors (Lipinski definition) is 5. The number of nitrogens with zero attached hydrogens (tertiary/aromatic N) is 4. The van der Waals surface area contributed by atoms with E-state index in [1.807, 2.05) is 29.2 Å². The lowest BCUT2D eigenvalue weighted by Crippen LogP contribution is -2.27. The molecule has 0 unspecified atom stereocenters. The molecule has 0 aliphatic carbocycles. The van der Waals surface area contributed by atoms with E-state index in [0.717, 1.165) is 11.1 Å². The van der Waals surface area contributed by atoms with Crippen molar-refractivity contribution in [1.29, 1.82) is 0 Å². The van der Waals surface area contributed by atoms with E-state index in [4.69, 9.17) is 11.6 Å². The molecular weight excluding hydrogens is 290 g/mol. The zero-order chi connectivity index (χ0) is 14.7. The number of hydrogen-bond donors (Lipinski definition) is 2. The Morgan fingerprint density at radius 3 is 2.86 bits per heavy atom. The van der Waals surface area contributed by atoms with Crippen molar-refractivity contribution >= 4 is 28.6 Å². The minimum Gasteiger partial charge on any atom is -0.395 e. The zero-order valence-electron chi connectivity index (χ0n) is 11.2. The van der Waals surface area contributed by atoms with Gasteiger partial charge in [-0.05, 0) is 11.6 Å². The monoisotopic (exact) mass is 303 g/mol. The van der Waals surface area contributed by atoms with Crippen molar-refractivity contribution in [2.24, 2.45) is 0 Å². The number of nitrogens with one attached hydrogen (secondary N) is 1. The lowest BCUT2D eigenvalue weighted by molar-refractivity contribution is 0.301. The molecule has 21 heavy (non-hydrogen) atoms. The minimum absolute atomic E-state index is 0.0179. The van der Waals surface area contributed by atoms with Gasteiger partial charge >= 0.3 is 0 Å². The Morgan fingerprint density at radius 1 is 1.19 bits per heavy atom. The van der Waals surface area contributed by atoms with E-state index in [1.165, 1.54) is 6.33 Å². The summed E-state index contributed by atoms with van der Waals surface area (Å²) in [4.78, 5) is 17.5. The summed E-state index contributed by atoms with van der Waals surface area (Å²) >= 11 is 6.21. The first kappa shape index (κ1) is 13.8. The Hall–Kier alpha value is -2.18. The first-order valence-corrected chi connectivity index (χ1v) is 6.90. The molecule has 0 spiro atoms. The molecule has 1 aromatic carbocycles. The number of halogens is 1. The quantitative estimate of drug-likeness (QED) is 0.754. The number of aromatic amines is 1. The van der Waals surface area contributed by atoms with Gasteiger partial charge in [0.2, 0.25) is 0 Å². The molecule has 108 valence electrons. The molecule has 7 heteroatoms. The van der Waals surface area contributed by atoms with Gasteiger partial charge in [0, 0.05) is 18.1 Å². The molecule has 6 nitrogen and oxygen atoms in total. The van der Waals surface area contributed by atoms with Crippen molar-refractivity contribution in [3.05, 3.63) is 47.5 Å². The van der Waals surface area contributed by atoms with Crippen LogP contribution in [0.4, 0.5) is 5.82 Å². The highest BCUT2D eigenvalue weighted by Gasteiger charge is 2.15. The third kappa shape index (κ3) is 2.81. The van der Waals surface area contributed by atoms with E-state index in [9.17, 15) is 5.11 Å². The van der Waals surface area contributed by atoms with E-state index in [-0.39, 0.29) is 6.61 Å². The summed E-state index contributed by atoms with van der Waals surface area (Å²) in [5.74, 6) is 0.700. The summed E-state index contributed by atoms with van der Waals surface area (Å²) in [5.41, 5.74) is 2.32. The summed E-state index contributed by atoms with van der Waals surface area (Å²) in [6.45, 7) is 1.01. The van der Waals surface area contributed by atoms with Gasteiger partial charge in [0.25, 0.3) is 0 Å². The van der Waals surface area contributed by atoms with Gasteiger partial charge in [-0.25, -0.2) is 15.0 Å². The van der Waals surface area contributed by atoms with Gasteiger partial charge in [0.1, 0.15) is 11.8 Å². The van der Waals surface area contributed by atoms with Crippen LogP contribution in [0.15, 0.2) is 36.9 Å². The highest BCUT2D eigenvalue weighted by atomic mass is 35.5. The molecule has 0 aliphatic heterocycles. The maximum Gasteiger partial charge on any atom is 0.182 e. The van der Waals surface area contributed by atoms with Crippen LogP contribution in [0.25, 0.3) is 11.2 Å². The Bertz CT molecular complexity index is 745. The third-order valence-electron chi connectivity index (χ3n) is 3.19. The standard InChI is InChI=1S/C14H14ClN5O/c15-11-4-2-1-3-10(11)7-20(5-6-21)14-12-13(17-8-16-12)18-9-19-14/h1-4,8-9,21H,5-7H2,(H,16,17,18,19). The van der Waals surface area contributed by atoms with Crippen LogP contribution in [-0.4, -0.2) is 38.2 Å². The molecule has 0 bridgehead atoms. The largest absolute Gasteiger partial charge is 0.395 e. The Morgan fingerprint density at radius 2 is 2.05 bits per heavy atom. The molecule has 2 aromatic heterocycles. The second kappa shape index (κ2) is 6.07. The van der Waals surface area contributed by atoms with Crippen LogP contribution in [-0.2, 0) is 6.54 Å². The van der Waals surface area contributed by atoms with Gasteiger partial charge in [0.05, 0.1) is 12.9 Å². The van der Waals surface area contributed by atoms with Crippen molar-refractivity contribution in [3.63, 3.8) is 0 Å². The topological polar surface area (TPSA) is 77.9 Å². The van der Waals surface area contributed by atoms with Gasteiger partial charge < -0.3 is 15.0 Å². The fourth-order valence-electron chi connectivity index (χ4n) is 2.20. The molecule has 0 saturated carbocycles. The van der Waals surface area contributed by atoms with Crippen molar-refractivity contribution in [2.75, 3.05) is 18.1 Å². The number of aliphatic hydroxyl groups is 1. The van der Waals surface area contributed by atoms with Crippen LogP contribution < -0.4 is 4.90 Å². The van der Waals surface area contributed by atoms with Crippen LogP contribution in [0.5, 0.6) is 0 Å². The number of fused-ring (bicyclic) bond motifs is 1.